The Morgan fingerprint density at radius 1 is 1.30 bits per heavy atom. The summed E-state index contributed by atoms with van der Waals surface area (Å²) in [4.78, 5) is 0. The average Bonchev–Trinajstić information content (AvgIpc) is 2.34. The van der Waals surface area contributed by atoms with Crippen LogP contribution in [0.3, 0.4) is 0 Å². The molecule has 2 nitrogen and oxygen atoms in total. The molecule has 1 aromatic carbocycles. The van der Waals surface area contributed by atoms with Crippen molar-refractivity contribution >= 4 is 0 Å². The molecule has 1 aromatic rings. The van der Waals surface area contributed by atoms with E-state index in [9.17, 15) is 4.39 Å². The second-order valence-corrected chi connectivity index (χ2v) is 6.66. The summed E-state index contributed by atoms with van der Waals surface area (Å²) in [5.74, 6) is 0.706. The first-order chi connectivity index (χ1) is 9.34. The van der Waals surface area contributed by atoms with Crippen LogP contribution in [-0.4, -0.2) is 20.2 Å². The summed E-state index contributed by atoms with van der Waals surface area (Å²) in [6.07, 6.45) is 1.95. The van der Waals surface area contributed by atoms with Crippen molar-refractivity contribution in [3.63, 3.8) is 0 Å². The zero-order valence-corrected chi connectivity index (χ0v) is 13.4. The van der Waals surface area contributed by atoms with Crippen LogP contribution in [0.5, 0.6) is 5.75 Å². The van der Waals surface area contributed by atoms with Gasteiger partial charge in [-0.2, -0.15) is 0 Å². The monoisotopic (exact) mass is 281 g/mol. The lowest BCUT2D eigenvalue weighted by molar-refractivity contribution is 0.321. The van der Waals surface area contributed by atoms with E-state index in [4.69, 9.17) is 4.74 Å². The molecular formula is C17H28FNO. The molecule has 0 amide bonds. The summed E-state index contributed by atoms with van der Waals surface area (Å²) < 4.78 is 18.6. The highest BCUT2D eigenvalue weighted by atomic mass is 19.1. The Morgan fingerprint density at radius 2 is 2.00 bits per heavy atom. The second-order valence-electron chi connectivity index (χ2n) is 6.66. The summed E-state index contributed by atoms with van der Waals surface area (Å²) >= 11 is 0. The Hall–Kier alpha value is -1.09. The SMILES string of the molecule is COc1ccc(CC(C)(C)CCNCC(C)C)cc1F. The van der Waals surface area contributed by atoms with Crippen LogP contribution in [0.15, 0.2) is 18.2 Å². The molecule has 0 aliphatic carbocycles. The summed E-state index contributed by atoms with van der Waals surface area (Å²) in [6, 6.07) is 5.24. The van der Waals surface area contributed by atoms with E-state index in [2.05, 4.69) is 33.0 Å². The van der Waals surface area contributed by atoms with Gasteiger partial charge in [0.1, 0.15) is 0 Å². The van der Waals surface area contributed by atoms with Crippen molar-refractivity contribution < 1.29 is 9.13 Å². The van der Waals surface area contributed by atoms with Crippen molar-refractivity contribution in [3.8, 4) is 5.75 Å². The van der Waals surface area contributed by atoms with Crippen molar-refractivity contribution in [2.24, 2.45) is 11.3 Å². The van der Waals surface area contributed by atoms with Crippen molar-refractivity contribution in [1.82, 2.24) is 5.32 Å². The van der Waals surface area contributed by atoms with Crippen molar-refractivity contribution in [1.29, 1.82) is 0 Å². The molecule has 1 rings (SSSR count). The van der Waals surface area contributed by atoms with Crippen LogP contribution in [0.25, 0.3) is 0 Å². The molecule has 1 N–H and O–H groups in total. The third-order valence-electron chi connectivity index (χ3n) is 3.43. The van der Waals surface area contributed by atoms with E-state index in [1.165, 1.54) is 7.11 Å². The minimum absolute atomic E-state index is 0.158. The molecule has 0 heterocycles. The number of halogens is 1. The molecule has 0 saturated carbocycles. The van der Waals surface area contributed by atoms with Crippen LogP contribution in [0.1, 0.15) is 39.7 Å². The summed E-state index contributed by atoms with van der Waals surface area (Å²) in [5.41, 5.74) is 1.18. The molecule has 0 aromatic heterocycles. The van der Waals surface area contributed by atoms with Crippen molar-refractivity contribution in [2.45, 2.75) is 40.5 Å². The Morgan fingerprint density at radius 3 is 2.55 bits per heavy atom. The third-order valence-corrected chi connectivity index (χ3v) is 3.43. The standard InChI is InChI=1S/C17H28FNO/c1-13(2)12-19-9-8-17(3,4)11-14-6-7-16(20-5)15(18)10-14/h6-7,10,13,19H,8-9,11-12H2,1-5H3. The predicted octanol–water partition coefficient (Wildman–Crippen LogP) is 4.04. The van der Waals surface area contributed by atoms with Crippen LogP contribution in [-0.2, 0) is 6.42 Å². The third kappa shape index (κ3) is 5.91. The summed E-state index contributed by atoms with van der Waals surface area (Å²) in [7, 11) is 1.49. The maximum Gasteiger partial charge on any atom is 0.165 e. The van der Waals surface area contributed by atoms with Gasteiger partial charge in [0.2, 0.25) is 0 Å². The fraction of sp³-hybridized carbons (Fsp3) is 0.647. The minimum atomic E-state index is -0.279. The maximum atomic E-state index is 13.7. The van der Waals surface area contributed by atoms with Crippen LogP contribution in [0.2, 0.25) is 0 Å². The highest BCUT2D eigenvalue weighted by Crippen LogP contribution is 2.27. The van der Waals surface area contributed by atoms with Gasteiger partial charge in [-0.1, -0.05) is 33.8 Å². The normalized spacial score (nSPS) is 11.9. The highest BCUT2D eigenvalue weighted by molar-refractivity contribution is 5.29. The average molecular weight is 281 g/mol. The number of rotatable bonds is 8. The lowest BCUT2D eigenvalue weighted by Gasteiger charge is -2.25. The van der Waals surface area contributed by atoms with Gasteiger partial charge in [0, 0.05) is 0 Å². The number of methoxy groups -OCH3 is 1. The second kappa shape index (κ2) is 7.63. The number of nitrogens with one attached hydrogen (secondary N) is 1. The van der Waals surface area contributed by atoms with Gasteiger partial charge < -0.3 is 10.1 Å². The van der Waals surface area contributed by atoms with E-state index in [0.29, 0.717) is 11.7 Å². The van der Waals surface area contributed by atoms with E-state index in [0.717, 1.165) is 31.5 Å². The van der Waals surface area contributed by atoms with Gasteiger partial charge >= 0.3 is 0 Å². The van der Waals surface area contributed by atoms with Gasteiger partial charge in [-0.25, -0.2) is 4.39 Å². The van der Waals surface area contributed by atoms with Crippen LogP contribution in [0.4, 0.5) is 4.39 Å². The molecule has 0 aliphatic rings. The molecule has 0 radical (unpaired) electrons. The molecule has 0 unspecified atom stereocenters. The zero-order chi connectivity index (χ0) is 15.2. The van der Waals surface area contributed by atoms with E-state index in [1.54, 1.807) is 12.1 Å². The highest BCUT2D eigenvalue weighted by Gasteiger charge is 2.19. The number of hydrogen-bond acceptors (Lipinski definition) is 2. The molecule has 0 fully saturated rings. The van der Waals surface area contributed by atoms with Gasteiger partial charge in [-0.3, -0.25) is 0 Å². The molecule has 0 bridgehead atoms. The number of ether oxygens (including phenoxy) is 1. The van der Waals surface area contributed by atoms with E-state index < -0.39 is 0 Å². The smallest absolute Gasteiger partial charge is 0.165 e. The first kappa shape index (κ1) is 17.0. The topological polar surface area (TPSA) is 21.3 Å². The van der Waals surface area contributed by atoms with Crippen LogP contribution >= 0.6 is 0 Å². The minimum Gasteiger partial charge on any atom is -0.494 e. The first-order valence-corrected chi connectivity index (χ1v) is 7.37. The predicted molar refractivity (Wildman–Crippen MR) is 82.8 cm³/mol. The van der Waals surface area contributed by atoms with Crippen LogP contribution < -0.4 is 10.1 Å². The van der Waals surface area contributed by atoms with Gasteiger partial charge in [0.25, 0.3) is 0 Å². The van der Waals surface area contributed by atoms with Gasteiger partial charge in [-0.05, 0) is 55.0 Å². The van der Waals surface area contributed by atoms with Crippen molar-refractivity contribution in [2.75, 3.05) is 20.2 Å². The summed E-state index contributed by atoms with van der Waals surface area (Å²) in [6.45, 7) is 10.9. The van der Waals surface area contributed by atoms with E-state index in [-0.39, 0.29) is 11.2 Å². The van der Waals surface area contributed by atoms with E-state index in [1.807, 2.05) is 6.07 Å². The fourth-order valence-electron chi connectivity index (χ4n) is 2.28. The summed E-state index contributed by atoms with van der Waals surface area (Å²) in [5, 5.41) is 3.46. The van der Waals surface area contributed by atoms with Crippen LogP contribution in [0, 0.1) is 17.2 Å². The van der Waals surface area contributed by atoms with Gasteiger partial charge in [0.15, 0.2) is 11.6 Å². The fourth-order valence-corrected chi connectivity index (χ4v) is 2.28. The van der Waals surface area contributed by atoms with Gasteiger partial charge in [-0.15, -0.1) is 0 Å². The number of hydrogen-bond donors (Lipinski definition) is 1. The molecule has 0 atom stereocenters. The lowest BCUT2D eigenvalue weighted by atomic mass is 9.82. The number of benzene rings is 1. The Balaban J connectivity index is 2.50. The largest absolute Gasteiger partial charge is 0.494 e. The molecule has 20 heavy (non-hydrogen) atoms. The Labute approximate surface area is 122 Å². The molecule has 0 spiro atoms. The first-order valence-electron chi connectivity index (χ1n) is 7.37. The maximum absolute atomic E-state index is 13.7. The van der Waals surface area contributed by atoms with E-state index >= 15 is 0 Å². The Bertz CT molecular complexity index is 415. The Kier molecular flexibility index (Phi) is 6.47. The quantitative estimate of drug-likeness (QED) is 0.726. The lowest BCUT2D eigenvalue weighted by Crippen LogP contribution is -2.26. The zero-order valence-electron chi connectivity index (χ0n) is 13.4. The van der Waals surface area contributed by atoms with Gasteiger partial charge in [0.05, 0.1) is 7.11 Å². The molecular weight excluding hydrogens is 253 g/mol. The van der Waals surface area contributed by atoms with Crippen molar-refractivity contribution in [3.05, 3.63) is 29.6 Å². The molecule has 3 heteroatoms. The molecule has 0 saturated heterocycles. The molecule has 114 valence electrons. The molecule has 0 aliphatic heterocycles.